The molecule has 0 radical (unpaired) electrons. The number of para-hydroxylation sites is 2. The summed E-state index contributed by atoms with van der Waals surface area (Å²) in [4.78, 5) is 14.4. The highest BCUT2D eigenvalue weighted by Gasteiger charge is 2.50. The van der Waals surface area contributed by atoms with Crippen LogP contribution in [-0.4, -0.2) is 59.8 Å². The summed E-state index contributed by atoms with van der Waals surface area (Å²) in [6.07, 6.45) is 3.88. The number of hydrogen-bond donors (Lipinski definition) is 1. The highest BCUT2D eigenvalue weighted by Crippen LogP contribution is 2.47. The number of benzene rings is 3. The van der Waals surface area contributed by atoms with E-state index in [0.717, 1.165) is 35.3 Å². The van der Waals surface area contributed by atoms with Gasteiger partial charge in [-0.2, -0.15) is 0 Å². The molecule has 45 heavy (non-hydrogen) atoms. The van der Waals surface area contributed by atoms with Gasteiger partial charge in [0.25, 0.3) is 5.91 Å². The lowest BCUT2D eigenvalue weighted by atomic mass is 9.95. The van der Waals surface area contributed by atoms with Gasteiger partial charge in [0.15, 0.2) is 6.61 Å². The summed E-state index contributed by atoms with van der Waals surface area (Å²) in [7, 11) is -3.01. The molecule has 1 fully saturated rings. The molecule has 0 saturated carbocycles. The first kappa shape index (κ1) is 31.1. The van der Waals surface area contributed by atoms with E-state index < -0.39 is 8.41 Å². The number of fused-ring (bicyclic) bond motifs is 1. The second-order valence-corrected chi connectivity index (χ2v) is 16.5. The SMILES string of the molecule is C[C@H]1[C@H]([Si](C)(C)F)[C@@H](CCn2cc(C(CO)c3ccccc3)nn2)O[C@H]1CCc1ccc(N2C(=O)COc3ccccc32)cc1. The standard InChI is InChI=1S/C35H41FN4O4Si/c1-24-31(18-15-25-13-16-27(17-14-25)40-30-11-7-8-12-32(30)43-23-34(40)42)44-33(35(24)45(2,3)36)19-20-39-21-29(37-38-39)28(22-41)26-9-5-4-6-10-26/h4-14,16-17,21,24,28,31,33,35,41H,15,18-20,22-23H2,1-3H3/t24-,28?,31+,33-,35+/m1/s1. The van der Waals surface area contributed by atoms with Gasteiger partial charge in [-0.05, 0) is 73.7 Å². The molecular weight excluding hydrogens is 587 g/mol. The predicted molar refractivity (Wildman–Crippen MR) is 174 cm³/mol. The zero-order valence-corrected chi connectivity index (χ0v) is 27.1. The van der Waals surface area contributed by atoms with Gasteiger partial charge < -0.3 is 18.7 Å². The van der Waals surface area contributed by atoms with Crippen LogP contribution in [0.3, 0.4) is 0 Å². The van der Waals surface area contributed by atoms with Crippen LogP contribution in [0.2, 0.25) is 18.6 Å². The van der Waals surface area contributed by atoms with Crippen LogP contribution < -0.4 is 9.64 Å². The molecule has 1 saturated heterocycles. The van der Waals surface area contributed by atoms with Gasteiger partial charge in [0.2, 0.25) is 8.41 Å². The van der Waals surface area contributed by atoms with Gasteiger partial charge >= 0.3 is 0 Å². The average molecular weight is 629 g/mol. The quantitative estimate of drug-likeness (QED) is 0.152. The Kier molecular flexibility index (Phi) is 9.16. The van der Waals surface area contributed by atoms with Crippen molar-refractivity contribution in [3.8, 4) is 5.75 Å². The fraction of sp³-hybridized carbons (Fsp3) is 0.400. The van der Waals surface area contributed by atoms with Crippen LogP contribution in [-0.2, 0) is 22.5 Å². The van der Waals surface area contributed by atoms with Gasteiger partial charge in [0.1, 0.15) is 5.75 Å². The maximum Gasteiger partial charge on any atom is 0.269 e. The molecule has 3 heterocycles. The van der Waals surface area contributed by atoms with Crippen molar-refractivity contribution < 1.29 is 23.5 Å². The Morgan fingerprint density at radius 2 is 1.73 bits per heavy atom. The van der Waals surface area contributed by atoms with E-state index in [2.05, 4.69) is 29.4 Å². The number of aromatic nitrogens is 3. The Hall–Kier alpha value is -3.86. The van der Waals surface area contributed by atoms with Crippen LogP contribution in [0, 0.1) is 5.92 Å². The summed E-state index contributed by atoms with van der Waals surface area (Å²) in [5.74, 6) is 0.460. The first-order valence-corrected chi connectivity index (χ1v) is 18.7. The van der Waals surface area contributed by atoms with Crippen LogP contribution in [0.1, 0.15) is 42.5 Å². The van der Waals surface area contributed by atoms with Crippen LogP contribution in [0.5, 0.6) is 5.75 Å². The van der Waals surface area contributed by atoms with Crippen molar-refractivity contribution in [1.82, 2.24) is 15.0 Å². The van der Waals surface area contributed by atoms with E-state index in [1.807, 2.05) is 72.9 Å². The molecule has 6 rings (SSSR count). The molecule has 1 unspecified atom stereocenters. The van der Waals surface area contributed by atoms with Crippen LogP contribution in [0.25, 0.3) is 0 Å². The molecule has 2 aliphatic heterocycles. The molecule has 236 valence electrons. The van der Waals surface area contributed by atoms with Crippen molar-refractivity contribution in [2.45, 2.75) is 69.5 Å². The van der Waals surface area contributed by atoms with E-state index in [1.54, 1.807) is 22.7 Å². The maximum absolute atomic E-state index is 15.7. The fourth-order valence-corrected chi connectivity index (χ4v) is 9.65. The smallest absolute Gasteiger partial charge is 0.269 e. The number of carbonyl (C=O) groups is 1. The Labute approximate surface area is 265 Å². The minimum absolute atomic E-state index is 0.0151. The van der Waals surface area contributed by atoms with Gasteiger partial charge in [-0.15, -0.1) is 5.10 Å². The second-order valence-electron chi connectivity index (χ2n) is 12.7. The lowest BCUT2D eigenvalue weighted by Gasteiger charge is -2.29. The lowest BCUT2D eigenvalue weighted by molar-refractivity contribution is -0.120. The number of ether oxygens (including phenoxy) is 2. The van der Waals surface area contributed by atoms with Gasteiger partial charge in [-0.3, -0.25) is 14.4 Å². The van der Waals surface area contributed by atoms with E-state index in [9.17, 15) is 9.90 Å². The molecule has 0 bridgehead atoms. The van der Waals surface area contributed by atoms with Crippen molar-refractivity contribution >= 4 is 25.7 Å². The van der Waals surface area contributed by atoms with E-state index in [4.69, 9.17) is 9.47 Å². The zero-order chi connectivity index (χ0) is 31.6. The van der Waals surface area contributed by atoms with Crippen LogP contribution in [0.4, 0.5) is 15.5 Å². The summed E-state index contributed by atoms with van der Waals surface area (Å²) in [5, 5.41) is 18.7. The summed E-state index contributed by atoms with van der Waals surface area (Å²) < 4.78 is 29.7. The molecule has 5 atom stereocenters. The average Bonchev–Trinajstić information content (AvgIpc) is 3.64. The highest BCUT2D eigenvalue weighted by atomic mass is 28.4. The Morgan fingerprint density at radius 3 is 2.47 bits per heavy atom. The van der Waals surface area contributed by atoms with Crippen molar-refractivity contribution in [1.29, 1.82) is 0 Å². The molecule has 10 heteroatoms. The summed E-state index contributed by atoms with van der Waals surface area (Å²) in [6, 6.07) is 25.4. The molecule has 1 N–H and O–H groups in total. The minimum Gasteiger partial charge on any atom is -0.482 e. The number of aryl methyl sites for hydroxylation is 2. The molecule has 3 aromatic carbocycles. The second kappa shape index (κ2) is 13.2. The van der Waals surface area contributed by atoms with Crippen molar-refractivity contribution in [2.24, 2.45) is 5.92 Å². The molecule has 0 spiro atoms. The number of nitrogens with zero attached hydrogens (tertiary/aromatic N) is 4. The largest absolute Gasteiger partial charge is 0.482 e. The number of amides is 1. The molecule has 8 nitrogen and oxygen atoms in total. The van der Waals surface area contributed by atoms with Gasteiger partial charge in [0, 0.05) is 24.0 Å². The normalized spacial score (nSPS) is 22.2. The van der Waals surface area contributed by atoms with Crippen molar-refractivity contribution in [2.75, 3.05) is 18.1 Å². The number of aliphatic hydroxyl groups is 1. The number of halogens is 1. The number of carbonyl (C=O) groups excluding carboxylic acids is 1. The van der Waals surface area contributed by atoms with Crippen molar-refractivity contribution in [3.63, 3.8) is 0 Å². The molecule has 0 aliphatic carbocycles. The first-order chi connectivity index (χ1) is 21.7. The number of aliphatic hydroxyl groups excluding tert-OH is 1. The Bertz CT molecular complexity index is 1590. The van der Waals surface area contributed by atoms with Gasteiger partial charge in [0.05, 0.1) is 36.1 Å². The topological polar surface area (TPSA) is 89.7 Å². The number of hydrogen-bond acceptors (Lipinski definition) is 6. The lowest BCUT2D eigenvalue weighted by Crippen LogP contribution is -2.36. The predicted octanol–water partition coefficient (Wildman–Crippen LogP) is 6.43. The van der Waals surface area contributed by atoms with Gasteiger partial charge in [-0.1, -0.05) is 66.7 Å². The summed E-state index contributed by atoms with van der Waals surface area (Å²) in [6.45, 7) is 6.23. The third-order valence-corrected chi connectivity index (χ3v) is 11.7. The molecule has 1 aromatic heterocycles. The molecular formula is C35H41FN4O4Si. The number of rotatable bonds is 11. The molecule has 4 aromatic rings. The third kappa shape index (κ3) is 6.73. The van der Waals surface area contributed by atoms with Gasteiger partial charge in [-0.25, -0.2) is 0 Å². The van der Waals surface area contributed by atoms with Crippen LogP contribution in [0.15, 0.2) is 85.1 Å². The Morgan fingerprint density at radius 1 is 1.00 bits per heavy atom. The third-order valence-electron chi connectivity index (χ3n) is 9.26. The Balaban J connectivity index is 1.09. The molecule has 1 amide bonds. The fourth-order valence-electron chi connectivity index (χ4n) is 7.05. The van der Waals surface area contributed by atoms with E-state index in [1.165, 1.54) is 0 Å². The summed E-state index contributed by atoms with van der Waals surface area (Å²) >= 11 is 0. The monoisotopic (exact) mass is 628 g/mol. The first-order valence-electron chi connectivity index (χ1n) is 15.8. The zero-order valence-electron chi connectivity index (χ0n) is 26.1. The van der Waals surface area contributed by atoms with Crippen LogP contribution >= 0.6 is 0 Å². The highest BCUT2D eigenvalue weighted by molar-refractivity contribution is 6.72. The summed E-state index contributed by atoms with van der Waals surface area (Å²) in [5.41, 5.74) is 4.29. The minimum atomic E-state index is -3.01. The van der Waals surface area contributed by atoms with E-state index in [0.29, 0.717) is 24.4 Å². The van der Waals surface area contributed by atoms with Crippen molar-refractivity contribution in [3.05, 3.63) is 102 Å². The number of anilines is 2. The van der Waals surface area contributed by atoms with E-state index >= 15 is 4.11 Å². The van der Waals surface area contributed by atoms with E-state index in [-0.39, 0.29) is 48.7 Å². The molecule has 2 aliphatic rings. The maximum atomic E-state index is 15.7.